The van der Waals surface area contributed by atoms with Gasteiger partial charge in [0, 0.05) is 26.3 Å². The van der Waals surface area contributed by atoms with Crippen LogP contribution in [-0.2, 0) is 4.74 Å². The van der Waals surface area contributed by atoms with Crippen LogP contribution in [0.15, 0.2) is 12.3 Å². The first-order valence-electron chi connectivity index (χ1n) is 6.61. The van der Waals surface area contributed by atoms with Gasteiger partial charge in [-0.25, -0.2) is 4.98 Å². The largest absolute Gasteiger partial charge is 0.384 e. The van der Waals surface area contributed by atoms with E-state index in [9.17, 15) is 14.9 Å². The number of nitro groups is 1. The second kappa shape index (κ2) is 6.82. The maximum atomic E-state index is 12.5. The van der Waals surface area contributed by atoms with Crippen molar-refractivity contribution in [2.75, 3.05) is 26.8 Å². The van der Waals surface area contributed by atoms with E-state index in [1.165, 1.54) is 6.07 Å². The van der Waals surface area contributed by atoms with E-state index >= 15 is 0 Å². The Bertz CT molecular complexity index is 550. The molecule has 0 bridgehead atoms. The summed E-state index contributed by atoms with van der Waals surface area (Å²) in [5, 5.41) is 10.8. The Morgan fingerprint density at radius 1 is 1.67 bits per heavy atom. The summed E-state index contributed by atoms with van der Waals surface area (Å²) in [4.78, 5) is 28.0. The van der Waals surface area contributed by atoms with Gasteiger partial charge in [0.1, 0.15) is 11.3 Å². The summed E-state index contributed by atoms with van der Waals surface area (Å²) in [5.41, 5.74) is -0.169. The minimum Gasteiger partial charge on any atom is -0.384 e. The number of carbonyl (C=O) groups is 1. The summed E-state index contributed by atoms with van der Waals surface area (Å²) < 4.78 is 5.12. The molecule has 114 valence electrons. The molecule has 0 N–H and O–H groups in total. The average Bonchev–Trinajstić information content (AvgIpc) is 2.47. The lowest BCUT2D eigenvalue weighted by atomic mass is 9.98. The third kappa shape index (κ3) is 3.68. The fourth-order valence-corrected chi connectivity index (χ4v) is 2.66. The van der Waals surface area contributed by atoms with Crippen molar-refractivity contribution in [3.05, 3.63) is 33.1 Å². The Morgan fingerprint density at radius 3 is 3.10 bits per heavy atom. The van der Waals surface area contributed by atoms with Crippen LogP contribution >= 0.6 is 11.6 Å². The Labute approximate surface area is 127 Å². The van der Waals surface area contributed by atoms with Gasteiger partial charge in [-0.1, -0.05) is 11.6 Å². The van der Waals surface area contributed by atoms with Crippen molar-refractivity contribution in [2.45, 2.75) is 12.8 Å². The number of piperidine rings is 1. The molecule has 0 aliphatic carbocycles. The normalized spacial score (nSPS) is 18.6. The van der Waals surface area contributed by atoms with E-state index in [0.717, 1.165) is 19.0 Å². The quantitative estimate of drug-likeness (QED) is 0.483. The first kappa shape index (κ1) is 15.7. The molecule has 1 aromatic heterocycles. The van der Waals surface area contributed by atoms with Crippen molar-refractivity contribution in [3.63, 3.8) is 0 Å². The highest BCUT2D eigenvalue weighted by atomic mass is 35.5. The van der Waals surface area contributed by atoms with Gasteiger partial charge in [0.05, 0.1) is 17.1 Å². The van der Waals surface area contributed by atoms with E-state index < -0.39 is 4.92 Å². The van der Waals surface area contributed by atoms with E-state index in [-0.39, 0.29) is 28.2 Å². The van der Waals surface area contributed by atoms with Gasteiger partial charge in [-0.15, -0.1) is 0 Å². The van der Waals surface area contributed by atoms with Crippen molar-refractivity contribution in [1.29, 1.82) is 0 Å². The molecule has 1 aliphatic heterocycles. The van der Waals surface area contributed by atoms with Crippen LogP contribution in [0.25, 0.3) is 0 Å². The van der Waals surface area contributed by atoms with Crippen molar-refractivity contribution in [3.8, 4) is 0 Å². The van der Waals surface area contributed by atoms with Gasteiger partial charge in [-0.05, 0) is 18.8 Å². The maximum Gasteiger partial charge on any atom is 0.288 e. The highest BCUT2D eigenvalue weighted by Crippen LogP contribution is 2.24. The van der Waals surface area contributed by atoms with E-state index in [0.29, 0.717) is 19.7 Å². The molecule has 7 nitrogen and oxygen atoms in total. The number of halogens is 1. The number of carbonyl (C=O) groups excluding carboxylic acids is 1. The molecule has 1 aromatic rings. The van der Waals surface area contributed by atoms with Crippen LogP contribution in [0.5, 0.6) is 0 Å². The number of hydrogen-bond acceptors (Lipinski definition) is 5. The molecular weight excluding hydrogens is 298 g/mol. The van der Waals surface area contributed by atoms with Crippen LogP contribution < -0.4 is 0 Å². The maximum absolute atomic E-state index is 12.5. The molecule has 2 rings (SSSR count). The number of methoxy groups -OCH3 is 1. The van der Waals surface area contributed by atoms with Crippen LogP contribution in [0.1, 0.15) is 23.2 Å². The zero-order chi connectivity index (χ0) is 15.4. The number of pyridine rings is 1. The predicted molar refractivity (Wildman–Crippen MR) is 76.4 cm³/mol. The molecule has 1 aliphatic rings. The summed E-state index contributed by atoms with van der Waals surface area (Å²) in [6, 6.07) is 1.18. The van der Waals surface area contributed by atoms with Crippen LogP contribution in [0.4, 0.5) is 5.69 Å². The number of likely N-dealkylation sites (tertiary alicyclic amines) is 1. The summed E-state index contributed by atoms with van der Waals surface area (Å²) >= 11 is 5.91. The fourth-order valence-electron chi connectivity index (χ4n) is 2.48. The van der Waals surface area contributed by atoms with Crippen LogP contribution in [0.3, 0.4) is 0 Å². The Kier molecular flexibility index (Phi) is 5.08. The van der Waals surface area contributed by atoms with E-state index in [4.69, 9.17) is 16.3 Å². The standard InChI is InChI=1S/C13H16ClN3O4/c1-21-8-9-3-2-4-16(7-9)13(18)11-5-10(17(19)20)6-15-12(11)14/h5-6,9H,2-4,7-8H2,1H3. The third-order valence-electron chi connectivity index (χ3n) is 3.47. The predicted octanol–water partition coefficient (Wildman–Crippen LogP) is 2.14. The molecular formula is C13H16ClN3O4. The highest BCUT2D eigenvalue weighted by Gasteiger charge is 2.27. The number of ether oxygens (including phenoxy) is 1. The monoisotopic (exact) mass is 313 g/mol. The zero-order valence-corrected chi connectivity index (χ0v) is 12.4. The molecule has 1 fully saturated rings. The van der Waals surface area contributed by atoms with Gasteiger partial charge in [0.2, 0.25) is 0 Å². The van der Waals surface area contributed by atoms with Crippen molar-refractivity contribution in [2.24, 2.45) is 5.92 Å². The van der Waals surface area contributed by atoms with Crippen LogP contribution in [0.2, 0.25) is 5.15 Å². The lowest BCUT2D eigenvalue weighted by Gasteiger charge is -2.32. The second-order valence-electron chi connectivity index (χ2n) is 5.00. The third-order valence-corrected chi connectivity index (χ3v) is 3.78. The van der Waals surface area contributed by atoms with Crippen molar-refractivity contribution >= 4 is 23.2 Å². The van der Waals surface area contributed by atoms with Gasteiger partial charge in [-0.3, -0.25) is 14.9 Å². The smallest absolute Gasteiger partial charge is 0.288 e. The summed E-state index contributed by atoms with van der Waals surface area (Å²) in [7, 11) is 1.63. The molecule has 8 heteroatoms. The summed E-state index contributed by atoms with van der Waals surface area (Å²) in [6.45, 7) is 1.76. The van der Waals surface area contributed by atoms with E-state index in [1.54, 1.807) is 12.0 Å². The van der Waals surface area contributed by atoms with Gasteiger partial charge < -0.3 is 9.64 Å². The SMILES string of the molecule is COCC1CCCN(C(=O)c2cc([N+](=O)[O-])cnc2Cl)C1. The highest BCUT2D eigenvalue weighted by molar-refractivity contribution is 6.32. The van der Waals surface area contributed by atoms with Crippen LogP contribution in [-0.4, -0.2) is 47.5 Å². The van der Waals surface area contributed by atoms with Gasteiger partial charge in [0.15, 0.2) is 0 Å². The fraction of sp³-hybridized carbons (Fsp3) is 0.538. The Morgan fingerprint density at radius 2 is 2.43 bits per heavy atom. The minimum absolute atomic E-state index is 0.0144. The van der Waals surface area contributed by atoms with Crippen LogP contribution in [0, 0.1) is 16.0 Å². The molecule has 1 unspecified atom stereocenters. The number of aromatic nitrogens is 1. The Balaban J connectivity index is 2.19. The Hall–Kier alpha value is -1.73. The molecule has 0 saturated carbocycles. The molecule has 2 heterocycles. The lowest BCUT2D eigenvalue weighted by Crippen LogP contribution is -2.41. The average molecular weight is 314 g/mol. The summed E-state index contributed by atoms with van der Waals surface area (Å²) in [6.07, 6.45) is 2.92. The van der Waals surface area contributed by atoms with Gasteiger partial charge in [0.25, 0.3) is 11.6 Å². The van der Waals surface area contributed by atoms with Gasteiger partial charge >= 0.3 is 0 Å². The molecule has 0 spiro atoms. The van der Waals surface area contributed by atoms with Gasteiger partial charge in [-0.2, -0.15) is 0 Å². The van der Waals surface area contributed by atoms with E-state index in [1.807, 2.05) is 0 Å². The minimum atomic E-state index is -0.593. The topological polar surface area (TPSA) is 85.6 Å². The molecule has 1 amide bonds. The first-order valence-corrected chi connectivity index (χ1v) is 6.99. The molecule has 0 aromatic carbocycles. The summed E-state index contributed by atoms with van der Waals surface area (Å²) in [5.74, 6) is -0.0462. The molecule has 21 heavy (non-hydrogen) atoms. The first-order chi connectivity index (χ1) is 10.0. The number of amides is 1. The second-order valence-corrected chi connectivity index (χ2v) is 5.36. The van der Waals surface area contributed by atoms with E-state index in [2.05, 4.69) is 4.98 Å². The molecule has 1 saturated heterocycles. The number of hydrogen-bond donors (Lipinski definition) is 0. The number of rotatable bonds is 4. The molecule has 1 atom stereocenters. The molecule has 0 radical (unpaired) electrons. The zero-order valence-electron chi connectivity index (χ0n) is 11.6. The number of nitrogens with zero attached hydrogens (tertiary/aromatic N) is 3. The van der Waals surface area contributed by atoms with Crippen molar-refractivity contribution < 1.29 is 14.5 Å². The van der Waals surface area contributed by atoms with Crippen molar-refractivity contribution in [1.82, 2.24) is 9.88 Å². The lowest BCUT2D eigenvalue weighted by molar-refractivity contribution is -0.385.